The maximum atomic E-state index is 2.44. The number of hydrogen-bond acceptors (Lipinski definition) is 1. The molecule has 0 aliphatic rings. The van der Waals surface area contributed by atoms with Crippen LogP contribution in [-0.2, 0) is 0 Å². The summed E-state index contributed by atoms with van der Waals surface area (Å²) in [6, 6.07) is 63.1. The van der Waals surface area contributed by atoms with Gasteiger partial charge in [0.05, 0.1) is 0 Å². The Hall–Kier alpha value is -6.02. The molecule has 49 heavy (non-hydrogen) atoms. The molecular formula is C48H28S. The predicted octanol–water partition coefficient (Wildman–Crippen LogP) is 14.3. The topological polar surface area (TPSA) is 0 Å². The summed E-state index contributed by atoms with van der Waals surface area (Å²) in [5.74, 6) is 0. The Morgan fingerprint density at radius 3 is 1.35 bits per heavy atom. The minimum atomic E-state index is 1.25. The Balaban J connectivity index is 1.18. The Bertz CT molecular complexity index is 3120. The van der Waals surface area contributed by atoms with Gasteiger partial charge in [-0.2, -0.15) is 0 Å². The first kappa shape index (κ1) is 27.0. The van der Waals surface area contributed by atoms with Gasteiger partial charge in [-0.05, 0) is 93.6 Å². The number of hydrogen-bond donors (Lipinski definition) is 0. The van der Waals surface area contributed by atoms with Crippen LogP contribution in [0.25, 0.3) is 107 Å². The number of thiophene rings is 1. The van der Waals surface area contributed by atoms with Crippen LogP contribution >= 0.6 is 11.3 Å². The quantitative estimate of drug-likeness (QED) is 0.166. The van der Waals surface area contributed by atoms with Crippen molar-refractivity contribution < 1.29 is 0 Å². The van der Waals surface area contributed by atoms with Gasteiger partial charge in [0.2, 0.25) is 0 Å². The third kappa shape index (κ3) is 3.79. The molecule has 11 rings (SSSR count). The molecule has 0 bridgehead atoms. The van der Waals surface area contributed by atoms with Crippen LogP contribution in [0.4, 0.5) is 0 Å². The molecule has 0 unspecified atom stereocenters. The summed E-state index contributed by atoms with van der Waals surface area (Å²) in [7, 11) is 0. The third-order valence-corrected chi connectivity index (χ3v) is 11.8. The zero-order valence-corrected chi connectivity index (χ0v) is 27.4. The van der Waals surface area contributed by atoms with Gasteiger partial charge in [-0.3, -0.25) is 0 Å². The minimum absolute atomic E-state index is 1.25. The molecule has 226 valence electrons. The van der Waals surface area contributed by atoms with Gasteiger partial charge < -0.3 is 0 Å². The van der Waals surface area contributed by atoms with E-state index in [1.165, 1.54) is 107 Å². The van der Waals surface area contributed by atoms with E-state index in [0.717, 1.165) is 0 Å². The number of fused-ring (bicyclic) bond motifs is 15. The van der Waals surface area contributed by atoms with Gasteiger partial charge in [-0.25, -0.2) is 0 Å². The van der Waals surface area contributed by atoms with E-state index < -0.39 is 0 Å². The molecule has 1 heterocycles. The summed E-state index contributed by atoms with van der Waals surface area (Å²) in [6.07, 6.45) is 0. The van der Waals surface area contributed by atoms with Crippen LogP contribution in [0.3, 0.4) is 0 Å². The second-order valence-corrected chi connectivity index (χ2v) is 14.2. The molecule has 0 spiro atoms. The molecule has 1 heteroatoms. The van der Waals surface area contributed by atoms with Crippen LogP contribution in [0.1, 0.15) is 0 Å². The fourth-order valence-corrected chi connectivity index (χ4v) is 9.78. The van der Waals surface area contributed by atoms with Gasteiger partial charge in [0, 0.05) is 25.6 Å². The van der Waals surface area contributed by atoms with Crippen LogP contribution in [0.2, 0.25) is 0 Å². The average Bonchev–Trinajstić information content (AvgIpc) is 3.57. The number of benzene rings is 10. The molecule has 0 saturated heterocycles. The molecular weight excluding hydrogens is 609 g/mol. The lowest BCUT2D eigenvalue weighted by molar-refractivity contribution is 1.67. The largest absolute Gasteiger partial charge is 0.135 e. The second kappa shape index (κ2) is 10.2. The van der Waals surface area contributed by atoms with Crippen molar-refractivity contribution in [3.8, 4) is 22.3 Å². The predicted molar refractivity (Wildman–Crippen MR) is 215 cm³/mol. The Labute approximate surface area is 287 Å². The zero-order valence-electron chi connectivity index (χ0n) is 26.6. The Kier molecular flexibility index (Phi) is 5.64. The summed E-state index contributed by atoms with van der Waals surface area (Å²) in [6.45, 7) is 0. The van der Waals surface area contributed by atoms with E-state index in [-0.39, 0.29) is 0 Å². The zero-order chi connectivity index (χ0) is 32.1. The van der Waals surface area contributed by atoms with E-state index in [1.54, 1.807) is 0 Å². The summed E-state index contributed by atoms with van der Waals surface area (Å²) in [5.41, 5.74) is 5.06. The third-order valence-electron chi connectivity index (χ3n) is 10.6. The van der Waals surface area contributed by atoms with E-state index in [2.05, 4.69) is 170 Å². The highest BCUT2D eigenvalue weighted by atomic mass is 32.1. The first-order valence-corrected chi connectivity index (χ1v) is 17.8. The monoisotopic (exact) mass is 636 g/mol. The van der Waals surface area contributed by atoms with Crippen molar-refractivity contribution in [1.82, 2.24) is 0 Å². The lowest BCUT2D eigenvalue weighted by Gasteiger charge is -2.17. The highest BCUT2D eigenvalue weighted by Crippen LogP contribution is 2.47. The van der Waals surface area contributed by atoms with Crippen molar-refractivity contribution in [3.63, 3.8) is 0 Å². The second-order valence-electron chi connectivity index (χ2n) is 13.1. The minimum Gasteiger partial charge on any atom is -0.135 e. The van der Waals surface area contributed by atoms with Crippen molar-refractivity contribution in [2.45, 2.75) is 0 Å². The molecule has 0 aliphatic carbocycles. The summed E-state index contributed by atoms with van der Waals surface area (Å²) in [4.78, 5) is 0. The van der Waals surface area contributed by atoms with Crippen molar-refractivity contribution >= 4 is 96.1 Å². The molecule has 0 radical (unpaired) electrons. The van der Waals surface area contributed by atoms with Gasteiger partial charge in [0.25, 0.3) is 0 Å². The SMILES string of the molecule is c1ccc2c(-c3cccc4c5ccccc5c5ccccc5c34)ccc(-c3ccc4sc5c6ccccc6c6ccccc6c5c4c3)c2c1. The molecule has 0 fully saturated rings. The molecule has 0 N–H and O–H groups in total. The number of rotatable bonds is 2. The Morgan fingerprint density at radius 1 is 0.265 bits per heavy atom. The molecule has 11 aromatic rings. The first-order chi connectivity index (χ1) is 24.3. The molecule has 0 amide bonds. The van der Waals surface area contributed by atoms with Crippen LogP contribution in [-0.4, -0.2) is 0 Å². The fourth-order valence-electron chi connectivity index (χ4n) is 8.54. The maximum Gasteiger partial charge on any atom is 0.0440 e. The summed E-state index contributed by atoms with van der Waals surface area (Å²) < 4.78 is 2.70. The van der Waals surface area contributed by atoms with Crippen molar-refractivity contribution in [3.05, 3.63) is 170 Å². The highest BCUT2D eigenvalue weighted by molar-refractivity contribution is 7.27. The van der Waals surface area contributed by atoms with Crippen molar-refractivity contribution in [2.75, 3.05) is 0 Å². The normalized spacial score (nSPS) is 12.1. The van der Waals surface area contributed by atoms with E-state index in [1.807, 2.05) is 11.3 Å². The van der Waals surface area contributed by atoms with Crippen LogP contribution in [0, 0.1) is 0 Å². The van der Waals surface area contributed by atoms with Gasteiger partial charge in [0.1, 0.15) is 0 Å². The standard InChI is InChI=1S/C48H28S/c1-2-13-32-31(12-1)30(25-26-38(32)41-23-11-22-40-35-15-4-3-14-33(35)34-16-5-8-19-39(34)46(40)41)29-24-27-45-44(28-29)47-42-20-9-6-17-36(42)37-18-7-10-21-43(37)48(47)49-45/h1-28H. The summed E-state index contributed by atoms with van der Waals surface area (Å²) in [5, 5.41) is 18.4. The van der Waals surface area contributed by atoms with Gasteiger partial charge in [0.15, 0.2) is 0 Å². The smallest absolute Gasteiger partial charge is 0.0440 e. The molecule has 0 atom stereocenters. The van der Waals surface area contributed by atoms with Gasteiger partial charge in [-0.1, -0.05) is 158 Å². The average molecular weight is 637 g/mol. The lowest BCUT2D eigenvalue weighted by Crippen LogP contribution is -1.89. The van der Waals surface area contributed by atoms with E-state index in [4.69, 9.17) is 0 Å². The molecule has 0 saturated carbocycles. The Morgan fingerprint density at radius 2 is 0.714 bits per heavy atom. The van der Waals surface area contributed by atoms with Crippen LogP contribution in [0.5, 0.6) is 0 Å². The lowest BCUT2D eigenvalue weighted by atomic mass is 9.86. The summed E-state index contributed by atoms with van der Waals surface area (Å²) >= 11 is 1.92. The molecule has 0 nitrogen and oxygen atoms in total. The van der Waals surface area contributed by atoms with E-state index >= 15 is 0 Å². The van der Waals surface area contributed by atoms with Gasteiger partial charge >= 0.3 is 0 Å². The molecule has 10 aromatic carbocycles. The van der Waals surface area contributed by atoms with Gasteiger partial charge in [-0.15, -0.1) is 11.3 Å². The van der Waals surface area contributed by atoms with Crippen molar-refractivity contribution in [2.24, 2.45) is 0 Å². The van der Waals surface area contributed by atoms with Crippen LogP contribution in [0.15, 0.2) is 170 Å². The highest BCUT2D eigenvalue weighted by Gasteiger charge is 2.18. The van der Waals surface area contributed by atoms with E-state index in [0.29, 0.717) is 0 Å². The maximum absolute atomic E-state index is 2.44. The van der Waals surface area contributed by atoms with Crippen LogP contribution < -0.4 is 0 Å². The van der Waals surface area contributed by atoms with Crippen molar-refractivity contribution in [1.29, 1.82) is 0 Å². The molecule has 1 aromatic heterocycles. The fraction of sp³-hybridized carbons (Fsp3) is 0. The van der Waals surface area contributed by atoms with E-state index in [9.17, 15) is 0 Å². The first-order valence-electron chi connectivity index (χ1n) is 16.9. The molecule has 0 aliphatic heterocycles.